The van der Waals surface area contributed by atoms with Crippen LogP contribution in [0.25, 0.3) is 0 Å². The van der Waals surface area contributed by atoms with Gasteiger partial charge >= 0.3 is 5.97 Å². The molecule has 0 heterocycles. The first-order valence-corrected chi connectivity index (χ1v) is 3.81. The minimum Gasteiger partial charge on any atom is -0.479 e. The first kappa shape index (κ1) is 11.0. The van der Waals surface area contributed by atoms with Gasteiger partial charge in [0.15, 0.2) is 6.10 Å². The molecule has 0 rings (SSSR count). The highest BCUT2D eigenvalue weighted by molar-refractivity contribution is 5.72. The smallest absolute Gasteiger partial charge is 0.332 e. The Hall–Kier alpha value is -1.01. The Labute approximate surface area is 72.7 Å². The van der Waals surface area contributed by atoms with Gasteiger partial charge in [0.1, 0.15) is 5.60 Å². The molecule has 0 radical (unpaired) electrons. The minimum atomic E-state index is -0.971. The molecule has 0 aromatic rings. The van der Waals surface area contributed by atoms with Crippen LogP contribution in [0.15, 0.2) is 0 Å². The summed E-state index contributed by atoms with van der Waals surface area (Å²) in [5.41, 5.74) is -0.806. The van der Waals surface area contributed by atoms with Crippen LogP contribution in [-0.4, -0.2) is 22.8 Å². The summed E-state index contributed by atoms with van der Waals surface area (Å²) in [6.07, 6.45) is 4.75. The lowest BCUT2D eigenvalue weighted by atomic mass is 10.1. The molecule has 0 spiro atoms. The summed E-state index contributed by atoms with van der Waals surface area (Å²) >= 11 is 0. The fourth-order valence-corrected chi connectivity index (χ4v) is 0.698. The zero-order valence-corrected chi connectivity index (χ0v) is 7.63. The molecule has 0 aliphatic rings. The number of carbonyl (C=O) groups is 1. The molecule has 0 aliphatic heterocycles. The Morgan fingerprint density at radius 2 is 2.25 bits per heavy atom. The lowest BCUT2D eigenvalue weighted by Crippen LogP contribution is -2.33. The fourth-order valence-electron chi connectivity index (χ4n) is 0.698. The fraction of sp³-hybridized carbons (Fsp3) is 0.667. The van der Waals surface area contributed by atoms with Crippen molar-refractivity contribution in [2.45, 2.75) is 38.9 Å². The van der Waals surface area contributed by atoms with Crippen molar-refractivity contribution in [3.05, 3.63) is 0 Å². The van der Waals surface area contributed by atoms with Crippen LogP contribution in [0.1, 0.15) is 27.2 Å². The molecule has 1 N–H and O–H groups in total. The SMILES string of the molecule is C#CC(C)(C)OC(CC)C(=O)O. The van der Waals surface area contributed by atoms with Gasteiger partial charge in [0.2, 0.25) is 0 Å². The lowest BCUT2D eigenvalue weighted by molar-refractivity contribution is -0.157. The molecule has 0 amide bonds. The minimum absolute atomic E-state index is 0.417. The van der Waals surface area contributed by atoms with Gasteiger partial charge in [0.05, 0.1) is 0 Å². The molecule has 68 valence electrons. The van der Waals surface area contributed by atoms with Crippen LogP contribution in [-0.2, 0) is 9.53 Å². The van der Waals surface area contributed by atoms with Crippen LogP contribution >= 0.6 is 0 Å². The van der Waals surface area contributed by atoms with Gasteiger partial charge in [-0.05, 0) is 20.3 Å². The van der Waals surface area contributed by atoms with Gasteiger partial charge in [0.25, 0.3) is 0 Å². The van der Waals surface area contributed by atoms with Crippen molar-refractivity contribution in [2.75, 3.05) is 0 Å². The number of terminal acetylenes is 1. The molecule has 1 unspecified atom stereocenters. The van der Waals surface area contributed by atoms with Crippen molar-refractivity contribution in [1.29, 1.82) is 0 Å². The molecule has 0 saturated heterocycles. The number of ether oxygens (including phenoxy) is 1. The Morgan fingerprint density at radius 3 is 2.50 bits per heavy atom. The highest BCUT2D eigenvalue weighted by Crippen LogP contribution is 2.12. The van der Waals surface area contributed by atoms with E-state index in [2.05, 4.69) is 5.92 Å². The van der Waals surface area contributed by atoms with Crippen molar-refractivity contribution in [3.8, 4) is 12.3 Å². The highest BCUT2D eigenvalue weighted by Gasteiger charge is 2.24. The third kappa shape index (κ3) is 3.40. The lowest BCUT2D eigenvalue weighted by Gasteiger charge is -2.22. The second-order valence-electron chi connectivity index (χ2n) is 3.01. The Bertz CT molecular complexity index is 200. The maximum Gasteiger partial charge on any atom is 0.332 e. The van der Waals surface area contributed by atoms with Crippen LogP contribution in [0.5, 0.6) is 0 Å². The molecule has 0 fully saturated rings. The second kappa shape index (κ2) is 4.13. The summed E-state index contributed by atoms with van der Waals surface area (Å²) in [4.78, 5) is 10.5. The van der Waals surface area contributed by atoms with Gasteiger partial charge in [0, 0.05) is 0 Å². The molecule has 0 aromatic heterocycles. The molecular formula is C9H14O3. The summed E-state index contributed by atoms with van der Waals surface area (Å²) in [6.45, 7) is 5.07. The van der Waals surface area contributed by atoms with E-state index in [0.29, 0.717) is 6.42 Å². The van der Waals surface area contributed by atoms with Crippen molar-refractivity contribution in [1.82, 2.24) is 0 Å². The topological polar surface area (TPSA) is 46.5 Å². The average Bonchev–Trinajstić information content (AvgIpc) is 2.00. The molecule has 1 atom stereocenters. The Morgan fingerprint density at radius 1 is 1.75 bits per heavy atom. The first-order chi connectivity index (χ1) is 5.43. The number of hydrogen-bond acceptors (Lipinski definition) is 2. The highest BCUT2D eigenvalue weighted by atomic mass is 16.5. The largest absolute Gasteiger partial charge is 0.479 e. The molecule has 3 nitrogen and oxygen atoms in total. The normalized spacial score (nSPS) is 13.5. The second-order valence-corrected chi connectivity index (χ2v) is 3.01. The quantitative estimate of drug-likeness (QED) is 0.646. The van der Waals surface area contributed by atoms with Crippen molar-refractivity contribution < 1.29 is 14.6 Å². The van der Waals surface area contributed by atoms with Gasteiger partial charge in [-0.1, -0.05) is 12.8 Å². The molecule has 0 aromatic carbocycles. The summed E-state index contributed by atoms with van der Waals surface area (Å²) in [6, 6.07) is 0. The third-order valence-electron chi connectivity index (χ3n) is 1.43. The van der Waals surface area contributed by atoms with Gasteiger partial charge in [-0.3, -0.25) is 0 Å². The summed E-state index contributed by atoms with van der Waals surface area (Å²) in [5.74, 6) is 1.40. The molecule has 0 aliphatic carbocycles. The summed E-state index contributed by atoms with van der Waals surface area (Å²) < 4.78 is 5.16. The van der Waals surface area contributed by atoms with E-state index in [1.807, 2.05) is 0 Å². The number of carboxylic acid groups (broad SMARTS) is 1. The van der Waals surface area contributed by atoms with Gasteiger partial charge in [-0.15, -0.1) is 6.42 Å². The zero-order chi connectivity index (χ0) is 9.78. The van der Waals surface area contributed by atoms with E-state index < -0.39 is 17.7 Å². The predicted molar refractivity (Wildman–Crippen MR) is 45.7 cm³/mol. The number of rotatable bonds is 4. The van der Waals surface area contributed by atoms with Crippen LogP contribution in [0.2, 0.25) is 0 Å². The van der Waals surface area contributed by atoms with E-state index in [1.54, 1.807) is 20.8 Å². The summed E-state index contributed by atoms with van der Waals surface area (Å²) in [5, 5.41) is 8.64. The molecule has 12 heavy (non-hydrogen) atoms. The van der Waals surface area contributed by atoms with Crippen LogP contribution < -0.4 is 0 Å². The maximum absolute atomic E-state index is 10.5. The molecule has 0 bridgehead atoms. The predicted octanol–water partition coefficient (Wildman–Crippen LogP) is 1.28. The van der Waals surface area contributed by atoms with Crippen molar-refractivity contribution >= 4 is 5.97 Å². The van der Waals surface area contributed by atoms with E-state index in [-0.39, 0.29) is 0 Å². The van der Waals surface area contributed by atoms with Crippen molar-refractivity contribution in [2.24, 2.45) is 0 Å². The van der Waals surface area contributed by atoms with E-state index in [0.717, 1.165) is 0 Å². The summed E-state index contributed by atoms with van der Waals surface area (Å²) in [7, 11) is 0. The number of aliphatic carboxylic acids is 1. The number of hydrogen-bond donors (Lipinski definition) is 1. The Kier molecular flexibility index (Phi) is 3.78. The van der Waals surface area contributed by atoms with Crippen LogP contribution in [0, 0.1) is 12.3 Å². The van der Waals surface area contributed by atoms with E-state index in [4.69, 9.17) is 16.3 Å². The zero-order valence-electron chi connectivity index (χ0n) is 7.63. The van der Waals surface area contributed by atoms with Gasteiger partial charge < -0.3 is 9.84 Å². The van der Waals surface area contributed by atoms with Crippen LogP contribution in [0.4, 0.5) is 0 Å². The molecule has 3 heteroatoms. The first-order valence-electron chi connectivity index (χ1n) is 3.81. The monoisotopic (exact) mass is 170 g/mol. The van der Waals surface area contributed by atoms with Gasteiger partial charge in [-0.25, -0.2) is 4.79 Å². The van der Waals surface area contributed by atoms with E-state index in [9.17, 15) is 4.79 Å². The maximum atomic E-state index is 10.5. The number of carboxylic acids is 1. The van der Waals surface area contributed by atoms with Crippen LogP contribution in [0.3, 0.4) is 0 Å². The van der Waals surface area contributed by atoms with Crippen molar-refractivity contribution in [3.63, 3.8) is 0 Å². The Balaban J connectivity index is 4.23. The van der Waals surface area contributed by atoms with E-state index >= 15 is 0 Å². The molecular weight excluding hydrogens is 156 g/mol. The van der Waals surface area contributed by atoms with Gasteiger partial charge in [-0.2, -0.15) is 0 Å². The molecule has 0 saturated carbocycles. The third-order valence-corrected chi connectivity index (χ3v) is 1.43. The average molecular weight is 170 g/mol. The standard InChI is InChI=1S/C9H14O3/c1-5-7(8(10)11)12-9(3,4)6-2/h2,7H,5H2,1,3-4H3,(H,10,11). The van der Waals surface area contributed by atoms with E-state index in [1.165, 1.54) is 0 Å².